The second kappa shape index (κ2) is 6.45. The molecule has 2 N–H and O–H groups in total. The summed E-state index contributed by atoms with van der Waals surface area (Å²) in [5.41, 5.74) is 0.988. The van der Waals surface area contributed by atoms with Crippen LogP contribution >= 0.6 is 22.6 Å². The molecule has 104 valence electrons. The van der Waals surface area contributed by atoms with E-state index in [9.17, 15) is 4.79 Å². The number of carbonyl (C=O) groups is 1. The van der Waals surface area contributed by atoms with Crippen LogP contribution in [0.1, 0.15) is 25.7 Å². The normalized spacial score (nSPS) is 22.8. The van der Waals surface area contributed by atoms with Gasteiger partial charge in [0.05, 0.1) is 18.7 Å². The molecule has 0 atom stereocenters. The van der Waals surface area contributed by atoms with E-state index >= 15 is 0 Å². The van der Waals surface area contributed by atoms with Crippen LogP contribution in [0.25, 0.3) is 0 Å². The van der Waals surface area contributed by atoms with Crippen molar-refractivity contribution in [1.29, 1.82) is 0 Å². The first-order chi connectivity index (χ1) is 9.10. The SMILES string of the molecule is COc1cc(I)ccc1NC1CCC(C(=O)O)CC1. The van der Waals surface area contributed by atoms with Crippen molar-refractivity contribution in [1.82, 2.24) is 0 Å². The molecule has 0 radical (unpaired) electrons. The maximum Gasteiger partial charge on any atom is 0.306 e. The number of carboxylic acid groups (broad SMARTS) is 1. The van der Waals surface area contributed by atoms with Crippen molar-refractivity contribution in [2.24, 2.45) is 5.92 Å². The maximum atomic E-state index is 10.9. The van der Waals surface area contributed by atoms with Crippen LogP contribution in [0.15, 0.2) is 18.2 Å². The summed E-state index contributed by atoms with van der Waals surface area (Å²) >= 11 is 2.25. The Morgan fingerprint density at radius 1 is 1.37 bits per heavy atom. The molecule has 0 amide bonds. The lowest BCUT2D eigenvalue weighted by Gasteiger charge is -2.28. The third kappa shape index (κ3) is 3.75. The minimum absolute atomic E-state index is 0.170. The van der Waals surface area contributed by atoms with Crippen LogP contribution in [0.2, 0.25) is 0 Å². The number of benzene rings is 1. The maximum absolute atomic E-state index is 10.9. The quantitative estimate of drug-likeness (QED) is 0.793. The molecular formula is C14H18INO3. The average Bonchev–Trinajstić information content (AvgIpc) is 2.41. The minimum atomic E-state index is -0.662. The zero-order valence-electron chi connectivity index (χ0n) is 10.9. The van der Waals surface area contributed by atoms with Gasteiger partial charge in [-0.15, -0.1) is 0 Å². The Kier molecular flexibility index (Phi) is 4.90. The van der Waals surface area contributed by atoms with Gasteiger partial charge in [0.2, 0.25) is 0 Å². The van der Waals surface area contributed by atoms with E-state index < -0.39 is 5.97 Å². The summed E-state index contributed by atoms with van der Waals surface area (Å²) in [5.74, 6) is 0.00854. The van der Waals surface area contributed by atoms with Crippen LogP contribution in [0.5, 0.6) is 5.75 Å². The second-order valence-electron chi connectivity index (χ2n) is 4.88. The van der Waals surface area contributed by atoms with Gasteiger partial charge in [0.25, 0.3) is 0 Å². The predicted molar refractivity (Wildman–Crippen MR) is 82.7 cm³/mol. The highest BCUT2D eigenvalue weighted by molar-refractivity contribution is 14.1. The Bertz CT molecular complexity index is 456. The van der Waals surface area contributed by atoms with Crippen molar-refractivity contribution < 1.29 is 14.6 Å². The summed E-state index contributed by atoms with van der Waals surface area (Å²) in [7, 11) is 1.66. The van der Waals surface area contributed by atoms with Crippen molar-refractivity contribution in [3.8, 4) is 5.75 Å². The van der Waals surface area contributed by atoms with E-state index in [0.717, 1.165) is 40.7 Å². The third-order valence-corrected chi connectivity index (χ3v) is 4.27. The van der Waals surface area contributed by atoms with Crippen molar-refractivity contribution in [3.63, 3.8) is 0 Å². The van der Waals surface area contributed by atoms with Crippen LogP contribution in [0.3, 0.4) is 0 Å². The van der Waals surface area contributed by atoms with Crippen molar-refractivity contribution in [2.75, 3.05) is 12.4 Å². The summed E-state index contributed by atoms with van der Waals surface area (Å²) in [5, 5.41) is 12.5. The van der Waals surface area contributed by atoms with Gasteiger partial charge in [-0.25, -0.2) is 0 Å². The van der Waals surface area contributed by atoms with E-state index in [1.165, 1.54) is 0 Å². The number of nitrogens with one attached hydrogen (secondary N) is 1. The Morgan fingerprint density at radius 3 is 2.63 bits per heavy atom. The molecule has 1 aliphatic carbocycles. The summed E-state index contributed by atoms with van der Waals surface area (Å²) in [6, 6.07) is 6.38. The molecule has 0 aliphatic heterocycles. The van der Waals surface area contributed by atoms with Gasteiger partial charge in [0.15, 0.2) is 0 Å². The highest BCUT2D eigenvalue weighted by Crippen LogP contribution is 2.31. The predicted octanol–water partition coefficient (Wildman–Crippen LogP) is 3.36. The first-order valence-corrected chi connectivity index (χ1v) is 7.51. The Balaban J connectivity index is 1.97. The lowest BCUT2D eigenvalue weighted by molar-refractivity contribution is -0.142. The molecule has 19 heavy (non-hydrogen) atoms. The zero-order chi connectivity index (χ0) is 13.8. The molecule has 1 aromatic carbocycles. The molecule has 5 heteroatoms. The number of anilines is 1. The number of halogens is 1. The molecule has 1 aromatic rings. The van der Waals surface area contributed by atoms with Crippen LogP contribution in [-0.4, -0.2) is 24.2 Å². The van der Waals surface area contributed by atoms with Crippen molar-refractivity contribution in [2.45, 2.75) is 31.7 Å². The number of aliphatic carboxylic acids is 1. The molecule has 0 spiro atoms. The number of carboxylic acids is 1. The first-order valence-electron chi connectivity index (χ1n) is 6.43. The van der Waals surface area contributed by atoms with Crippen LogP contribution in [-0.2, 0) is 4.79 Å². The van der Waals surface area contributed by atoms with Gasteiger partial charge in [-0.2, -0.15) is 0 Å². The zero-order valence-corrected chi connectivity index (χ0v) is 13.0. The van der Waals surface area contributed by atoms with E-state index in [0.29, 0.717) is 6.04 Å². The largest absolute Gasteiger partial charge is 0.495 e. The number of hydrogen-bond acceptors (Lipinski definition) is 3. The number of rotatable bonds is 4. The van der Waals surface area contributed by atoms with Gasteiger partial charge in [-0.05, 0) is 66.5 Å². The summed E-state index contributed by atoms with van der Waals surface area (Å²) in [4.78, 5) is 10.9. The smallest absolute Gasteiger partial charge is 0.306 e. The Hall–Kier alpha value is -0.980. The van der Waals surface area contributed by atoms with Gasteiger partial charge in [-0.1, -0.05) is 0 Å². The summed E-state index contributed by atoms with van der Waals surface area (Å²) in [6.45, 7) is 0. The van der Waals surface area contributed by atoms with Gasteiger partial charge in [0.1, 0.15) is 5.75 Å². The van der Waals surface area contributed by atoms with E-state index in [1.807, 2.05) is 18.2 Å². The van der Waals surface area contributed by atoms with Gasteiger partial charge < -0.3 is 15.2 Å². The Morgan fingerprint density at radius 2 is 2.05 bits per heavy atom. The molecule has 0 bridgehead atoms. The molecule has 2 rings (SSSR count). The van der Waals surface area contributed by atoms with Gasteiger partial charge >= 0.3 is 5.97 Å². The van der Waals surface area contributed by atoms with E-state index in [2.05, 4.69) is 27.9 Å². The molecule has 0 unspecified atom stereocenters. The monoisotopic (exact) mass is 375 g/mol. The fourth-order valence-corrected chi connectivity index (χ4v) is 2.95. The highest BCUT2D eigenvalue weighted by Gasteiger charge is 2.26. The fraction of sp³-hybridized carbons (Fsp3) is 0.500. The third-order valence-electron chi connectivity index (χ3n) is 3.60. The van der Waals surface area contributed by atoms with Crippen LogP contribution < -0.4 is 10.1 Å². The molecule has 0 heterocycles. The fourth-order valence-electron chi connectivity index (χ4n) is 2.49. The minimum Gasteiger partial charge on any atom is -0.495 e. The van der Waals surface area contributed by atoms with Gasteiger partial charge in [0, 0.05) is 9.61 Å². The molecule has 0 aromatic heterocycles. The number of ether oxygens (including phenoxy) is 1. The molecule has 1 fully saturated rings. The van der Waals surface area contributed by atoms with E-state index in [4.69, 9.17) is 9.84 Å². The standard InChI is InChI=1S/C14H18INO3/c1-19-13-8-10(15)4-7-12(13)16-11-5-2-9(3-6-11)14(17)18/h4,7-9,11,16H,2-3,5-6H2,1H3,(H,17,18). The number of methoxy groups -OCH3 is 1. The van der Waals surface area contributed by atoms with Crippen LogP contribution in [0.4, 0.5) is 5.69 Å². The highest BCUT2D eigenvalue weighted by atomic mass is 127. The molecule has 4 nitrogen and oxygen atoms in total. The van der Waals surface area contributed by atoms with E-state index in [-0.39, 0.29) is 5.92 Å². The molecular weight excluding hydrogens is 357 g/mol. The molecule has 1 saturated carbocycles. The lowest BCUT2D eigenvalue weighted by atomic mass is 9.86. The summed E-state index contributed by atoms with van der Waals surface area (Å²) < 4.78 is 6.50. The van der Waals surface area contributed by atoms with Crippen LogP contribution in [0, 0.1) is 9.49 Å². The van der Waals surface area contributed by atoms with Gasteiger partial charge in [-0.3, -0.25) is 4.79 Å². The first kappa shape index (κ1) is 14.4. The second-order valence-corrected chi connectivity index (χ2v) is 6.12. The van der Waals surface area contributed by atoms with E-state index in [1.54, 1.807) is 7.11 Å². The Labute approximate surface area is 126 Å². The van der Waals surface area contributed by atoms with Crippen molar-refractivity contribution in [3.05, 3.63) is 21.8 Å². The topological polar surface area (TPSA) is 58.6 Å². The lowest BCUT2D eigenvalue weighted by Crippen LogP contribution is -2.29. The molecule has 0 saturated heterocycles. The molecule has 1 aliphatic rings. The average molecular weight is 375 g/mol. The van der Waals surface area contributed by atoms with Crippen molar-refractivity contribution >= 4 is 34.2 Å². The summed E-state index contributed by atoms with van der Waals surface area (Å²) in [6.07, 6.45) is 3.29. The number of hydrogen-bond donors (Lipinski definition) is 2.